The van der Waals surface area contributed by atoms with Crippen LogP contribution < -0.4 is 4.90 Å². The van der Waals surface area contributed by atoms with Crippen molar-refractivity contribution in [1.82, 2.24) is 15.1 Å². The third-order valence-corrected chi connectivity index (χ3v) is 7.52. The first-order valence-corrected chi connectivity index (χ1v) is 11.5. The highest BCUT2D eigenvalue weighted by molar-refractivity contribution is 5.98. The minimum Gasteiger partial charge on any atom is -0.370 e. The van der Waals surface area contributed by atoms with Crippen molar-refractivity contribution in [3.8, 4) is 17.2 Å². The molecule has 2 atom stereocenters. The Morgan fingerprint density at radius 2 is 2.15 bits per heavy atom. The standard InChI is InChI=1S/C27H29N5O/c1-5-24(33)32-16-27(26(32)17(2)3)11-12-31(15-27)23-8-6-7-19(20(23)13-28)25-18(4)9-10-22-21(25)14-29-30-22/h5-10,14,17,26H,1,11-12,15-16H2,2-4H3,(H,29,30). The second-order valence-electron chi connectivity index (χ2n) is 9.79. The number of aromatic nitrogens is 2. The van der Waals surface area contributed by atoms with Crippen LogP contribution in [0.1, 0.15) is 31.4 Å². The number of carbonyl (C=O) groups excluding carboxylic acids is 1. The number of fused-ring (bicyclic) bond motifs is 1. The summed E-state index contributed by atoms with van der Waals surface area (Å²) in [5, 5.41) is 18.5. The fourth-order valence-corrected chi connectivity index (χ4v) is 6.23. The fraction of sp³-hybridized carbons (Fsp3) is 0.370. The van der Waals surface area contributed by atoms with Crippen LogP contribution in [0.3, 0.4) is 0 Å². The van der Waals surface area contributed by atoms with Crippen molar-refractivity contribution in [1.29, 1.82) is 5.26 Å². The minimum absolute atomic E-state index is 0.0150. The van der Waals surface area contributed by atoms with Crippen molar-refractivity contribution in [2.45, 2.75) is 33.2 Å². The third-order valence-electron chi connectivity index (χ3n) is 7.52. The second-order valence-corrected chi connectivity index (χ2v) is 9.79. The Kier molecular flexibility index (Phi) is 5.01. The van der Waals surface area contributed by atoms with E-state index in [-0.39, 0.29) is 17.4 Å². The zero-order valence-electron chi connectivity index (χ0n) is 19.4. The van der Waals surface area contributed by atoms with E-state index in [1.807, 2.05) is 29.3 Å². The summed E-state index contributed by atoms with van der Waals surface area (Å²) >= 11 is 0. The number of amides is 1. The van der Waals surface area contributed by atoms with Gasteiger partial charge in [0.15, 0.2) is 0 Å². The Hall–Kier alpha value is -3.59. The normalized spacial score (nSPS) is 22.1. The van der Waals surface area contributed by atoms with Crippen LogP contribution in [0.25, 0.3) is 22.0 Å². The van der Waals surface area contributed by atoms with Crippen LogP contribution in [0.5, 0.6) is 0 Å². The van der Waals surface area contributed by atoms with E-state index in [0.29, 0.717) is 11.5 Å². The van der Waals surface area contributed by atoms with Crippen molar-refractivity contribution < 1.29 is 4.79 Å². The van der Waals surface area contributed by atoms with Crippen molar-refractivity contribution in [3.63, 3.8) is 0 Å². The van der Waals surface area contributed by atoms with E-state index in [2.05, 4.69) is 60.6 Å². The molecule has 5 rings (SSSR count). The number of carbonyl (C=O) groups is 1. The first-order valence-electron chi connectivity index (χ1n) is 11.5. The molecule has 2 aromatic carbocycles. The summed E-state index contributed by atoms with van der Waals surface area (Å²) < 4.78 is 0. The van der Waals surface area contributed by atoms with Gasteiger partial charge in [0.2, 0.25) is 5.91 Å². The van der Waals surface area contributed by atoms with E-state index >= 15 is 0 Å². The summed E-state index contributed by atoms with van der Waals surface area (Å²) in [6, 6.07) is 12.9. The van der Waals surface area contributed by atoms with Gasteiger partial charge in [0.1, 0.15) is 6.07 Å². The Labute approximate surface area is 194 Å². The van der Waals surface area contributed by atoms with Gasteiger partial charge in [0, 0.05) is 42.0 Å². The third kappa shape index (κ3) is 3.14. The van der Waals surface area contributed by atoms with Gasteiger partial charge in [0.25, 0.3) is 0 Å². The van der Waals surface area contributed by atoms with Gasteiger partial charge in [-0.2, -0.15) is 10.4 Å². The first-order chi connectivity index (χ1) is 15.9. The average molecular weight is 440 g/mol. The molecule has 6 heteroatoms. The van der Waals surface area contributed by atoms with Crippen LogP contribution in [-0.2, 0) is 4.79 Å². The number of nitrogens with one attached hydrogen (secondary N) is 1. The lowest BCUT2D eigenvalue weighted by Crippen LogP contribution is -2.68. The molecule has 0 aliphatic carbocycles. The molecule has 0 bridgehead atoms. The molecular formula is C27H29N5O. The van der Waals surface area contributed by atoms with Gasteiger partial charge in [-0.3, -0.25) is 9.89 Å². The zero-order valence-corrected chi connectivity index (χ0v) is 19.4. The van der Waals surface area contributed by atoms with E-state index in [9.17, 15) is 10.1 Å². The highest BCUT2D eigenvalue weighted by atomic mass is 16.2. The molecule has 3 heterocycles. The molecule has 2 aliphatic rings. The maximum atomic E-state index is 12.4. The lowest BCUT2D eigenvalue weighted by Gasteiger charge is -2.57. The maximum absolute atomic E-state index is 12.4. The summed E-state index contributed by atoms with van der Waals surface area (Å²) in [7, 11) is 0. The van der Waals surface area contributed by atoms with Crippen molar-refractivity contribution in [2.75, 3.05) is 24.5 Å². The molecule has 1 aromatic heterocycles. The molecule has 1 N–H and O–H groups in total. The molecule has 2 saturated heterocycles. The van der Waals surface area contributed by atoms with Gasteiger partial charge in [-0.05, 0) is 48.6 Å². The highest BCUT2D eigenvalue weighted by Crippen LogP contribution is 2.50. The SMILES string of the molecule is C=CC(=O)N1CC2(CCN(c3cccc(-c4c(C)ccc5[nH]ncc45)c3C#N)C2)C1C(C)C. The van der Waals surface area contributed by atoms with Crippen LogP contribution in [0, 0.1) is 29.6 Å². The molecule has 2 unspecified atom stereocenters. The summed E-state index contributed by atoms with van der Waals surface area (Å²) in [4.78, 5) is 16.7. The number of H-pyrrole nitrogens is 1. The van der Waals surface area contributed by atoms with E-state index in [1.165, 1.54) is 6.08 Å². The van der Waals surface area contributed by atoms with Gasteiger partial charge < -0.3 is 9.80 Å². The molecule has 6 nitrogen and oxygen atoms in total. The van der Waals surface area contributed by atoms with Crippen LogP contribution >= 0.6 is 0 Å². The van der Waals surface area contributed by atoms with Crippen LogP contribution in [0.4, 0.5) is 5.69 Å². The van der Waals surface area contributed by atoms with E-state index in [1.54, 1.807) is 0 Å². The molecular weight excluding hydrogens is 410 g/mol. The number of likely N-dealkylation sites (tertiary alicyclic amines) is 1. The number of nitrogens with zero attached hydrogens (tertiary/aromatic N) is 4. The lowest BCUT2D eigenvalue weighted by atomic mass is 9.66. The monoisotopic (exact) mass is 439 g/mol. The van der Waals surface area contributed by atoms with Gasteiger partial charge in [-0.15, -0.1) is 0 Å². The molecule has 2 fully saturated rings. The zero-order chi connectivity index (χ0) is 23.3. The Balaban J connectivity index is 1.53. The topological polar surface area (TPSA) is 76.0 Å². The van der Waals surface area contributed by atoms with E-state index < -0.39 is 0 Å². The molecule has 2 aliphatic heterocycles. The largest absolute Gasteiger partial charge is 0.370 e. The Bertz CT molecular complexity index is 1300. The fourth-order valence-electron chi connectivity index (χ4n) is 6.23. The number of aromatic amines is 1. The minimum atomic E-state index is 0.0150. The molecule has 1 amide bonds. The van der Waals surface area contributed by atoms with Crippen molar-refractivity contribution in [3.05, 3.63) is 60.3 Å². The van der Waals surface area contributed by atoms with Crippen molar-refractivity contribution >= 4 is 22.5 Å². The van der Waals surface area contributed by atoms with Gasteiger partial charge in [-0.1, -0.05) is 38.6 Å². The predicted molar refractivity (Wildman–Crippen MR) is 131 cm³/mol. The number of aryl methyl sites for hydroxylation is 1. The molecule has 3 aromatic rings. The number of benzene rings is 2. The highest BCUT2D eigenvalue weighted by Gasteiger charge is 2.57. The molecule has 0 radical (unpaired) electrons. The van der Waals surface area contributed by atoms with Gasteiger partial charge in [0.05, 0.1) is 23.0 Å². The number of nitriles is 1. The van der Waals surface area contributed by atoms with Gasteiger partial charge in [-0.25, -0.2) is 0 Å². The molecule has 0 saturated carbocycles. The molecule has 1 spiro atoms. The summed E-state index contributed by atoms with van der Waals surface area (Å²) in [6.45, 7) is 12.6. The Morgan fingerprint density at radius 3 is 2.88 bits per heavy atom. The number of rotatable bonds is 4. The quantitative estimate of drug-likeness (QED) is 0.600. The van der Waals surface area contributed by atoms with E-state index in [0.717, 1.165) is 59.3 Å². The predicted octanol–water partition coefficient (Wildman–Crippen LogP) is 4.66. The van der Waals surface area contributed by atoms with Crippen molar-refractivity contribution in [2.24, 2.45) is 11.3 Å². The van der Waals surface area contributed by atoms with Gasteiger partial charge >= 0.3 is 0 Å². The van der Waals surface area contributed by atoms with Crippen LogP contribution in [0.15, 0.2) is 49.2 Å². The number of hydrogen-bond acceptors (Lipinski definition) is 4. The lowest BCUT2D eigenvalue weighted by molar-refractivity contribution is -0.151. The Morgan fingerprint density at radius 1 is 1.33 bits per heavy atom. The average Bonchev–Trinajstić information content (AvgIpc) is 3.44. The summed E-state index contributed by atoms with van der Waals surface area (Å²) in [5.41, 5.74) is 5.82. The molecule has 33 heavy (non-hydrogen) atoms. The van der Waals surface area contributed by atoms with Crippen LogP contribution in [-0.4, -0.2) is 46.7 Å². The summed E-state index contributed by atoms with van der Waals surface area (Å²) in [5.74, 6) is 0.381. The maximum Gasteiger partial charge on any atom is 0.246 e. The second kappa shape index (κ2) is 7.77. The van der Waals surface area contributed by atoms with Crippen LogP contribution in [0.2, 0.25) is 0 Å². The summed E-state index contributed by atoms with van der Waals surface area (Å²) in [6.07, 6.45) is 4.27. The number of anilines is 1. The first kappa shape index (κ1) is 21.3. The molecule has 168 valence electrons. The smallest absolute Gasteiger partial charge is 0.246 e. The van der Waals surface area contributed by atoms with E-state index in [4.69, 9.17) is 0 Å². The number of hydrogen-bond donors (Lipinski definition) is 1.